The van der Waals surface area contributed by atoms with E-state index in [1.54, 1.807) is 49.9 Å². The first-order chi connectivity index (χ1) is 20.4. The number of nitrogens with one attached hydrogen (secondary N) is 2. The molecule has 0 aliphatic heterocycles. The lowest BCUT2D eigenvalue weighted by molar-refractivity contribution is -0.147. The monoisotopic (exact) mass is 585 g/mol. The number of phenols is 1. The summed E-state index contributed by atoms with van der Waals surface area (Å²) >= 11 is 0. The Morgan fingerprint density at radius 3 is 2.09 bits per heavy atom. The van der Waals surface area contributed by atoms with Crippen LogP contribution < -0.4 is 10.6 Å². The van der Waals surface area contributed by atoms with Gasteiger partial charge in [0.1, 0.15) is 23.4 Å². The van der Waals surface area contributed by atoms with Crippen molar-refractivity contribution < 1.29 is 24.2 Å². The number of benzene rings is 3. The molecular weight excluding hydrogens is 542 g/mol. The van der Waals surface area contributed by atoms with E-state index in [0.29, 0.717) is 6.54 Å². The van der Waals surface area contributed by atoms with Crippen molar-refractivity contribution >= 4 is 17.9 Å². The fourth-order valence-electron chi connectivity index (χ4n) is 5.42. The van der Waals surface area contributed by atoms with Crippen LogP contribution in [0.5, 0.6) is 5.75 Å². The zero-order valence-corrected chi connectivity index (χ0v) is 25.7. The number of ether oxygens (including phenoxy) is 1. The summed E-state index contributed by atoms with van der Waals surface area (Å²) in [7, 11) is 0. The van der Waals surface area contributed by atoms with Crippen LogP contribution in [0.4, 0.5) is 4.79 Å². The van der Waals surface area contributed by atoms with Gasteiger partial charge in [-0.2, -0.15) is 0 Å². The maximum atomic E-state index is 14.7. The highest BCUT2D eigenvalue weighted by Crippen LogP contribution is 2.36. The van der Waals surface area contributed by atoms with Gasteiger partial charge >= 0.3 is 6.09 Å². The minimum absolute atomic E-state index is 0.105. The van der Waals surface area contributed by atoms with E-state index >= 15 is 0 Å². The van der Waals surface area contributed by atoms with Gasteiger partial charge in [-0.25, -0.2) is 4.79 Å². The minimum Gasteiger partial charge on any atom is -0.508 e. The zero-order valence-electron chi connectivity index (χ0n) is 25.7. The zero-order chi connectivity index (χ0) is 31.1. The molecule has 2 atom stereocenters. The number of rotatable bonds is 10. The largest absolute Gasteiger partial charge is 0.508 e. The van der Waals surface area contributed by atoms with E-state index in [4.69, 9.17) is 4.74 Å². The lowest BCUT2D eigenvalue weighted by Crippen LogP contribution is -2.58. The summed E-state index contributed by atoms with van der Waals surface area (Å²) in [6.45, 7) is 9.52. The second-order valence-corrected chi connectivity index (χ2v) is 12.3. The Morgan fingerprint density at radius 2 is 1.53 bits per heavy atom. The molecular formula is C35H43N3O5. The Labute approximate surface area is 254 Å². The summed E-state index contributed by atoms with van der Waals surface area (Å²) in [4.78, 5) is 43.6. The van der Waals surface area contributed by atoms with Crippen LogP contribution in [-0.2, 0) is 27.3 Å². The van der Waals surface area contributed by atoms with Crippen molar-refractivity contribution in [2.24, 2.45) is 0 Å². The van der Waals surface area contributed by atoms with E-state index in [0.717, 1.165) is 47.1 Å². The van der Waals surface area contributed by atoms with Crippen LogP contribution >= 0.6 is 0 Å². The fourth-order valence-corrected chi connectivity index (χ4v) is 5.42. The van der Waals surface area contributed by atoms with Gasteiger partial charge in [-0.15, -0.1) is 0 Å². The molecule has 0 heterocycles. The number of phenolic OH excluding ortho intramolecular Hbond substituents is 1. The second kappa shape index (κ2) is 13.8. The van der Waals surface area contributed by atoms with Crippen molar-refractivity contribution in [2.75, 3.05) is 0 Å². The SMILES string of the molecule is Cc1cccc(C)c1C(C(=O)NCc1ccccc1)N(C(=O)C(Cc1ccc(O)cc1)NC(=O)OC(C)(C)C)C1CCC1. The standard InChI is InChI=1S/C35H43N3O5/c1-23-11-9-12-24(2)30(23)31(32(40)36-22-26-13-7-6-8-14-26)38(27-15-10-16-27)33(41)29(37-34(42)43-35(3,4)5)21-25-17-19-28(39)20-18-25/h6-9,11-14,17-20,27,29,31,39H,10,15-16,21-22H2,1-5H3,(H,36,40)(H,37,42). The molecule has 0 aromatic heterocycles. The highest BCUT2D eigenvalue weighted by Gasteiger charge is 2.43. The molecule has 1 aliphatic carbocycles. The minimum atomic E-state index is -1.01. The van der Waals surface area contributed by atoms with Crippen LogP contribution in [0.3, 0.4) is 0 Å². The third-order valence-corrected chi connectivity index (χ3v) is 7.74. The van der Waals surface area contributed by atoms with Gasteiger partial charge in [-0.1, -0.05) is 60.7 Å². The maximum Gasteiger partial charge on any atom is 0.408 e. The molecule has 4 rings (SSSR count). The van der Waals surface area contributed by atoms with Crippen molar-refractivity contribution in [1.29, 1.82) is 0 Å². The van der Waals surface area contributed by atoms with Crippen molar-refractivity contribution in [3.05, 3.63) is 101 Å². The summed E-state index contributed by atoms with van der Waals surface area (Å²) in [6, 6.07) is 20.0. The molecule has 0 saturated heterocycles. The van der Waals surface area contributed by atoms with E-state index in [1.165, 1.54) is 0 Å². The van der Waals surface area contributed by atoms with E-state index in [1.807, 2.05) is 62.4 Å². The van der Waals surface area contributed by atoms with Crippen molar-refractivity contribution in [3.63, 3.8) is 0 Å². The molecule has 8 nitrogen and oxygen atoms in total. The van der Waals surface area contributed by atoms with Crippen LogP contribution in [-0.4, -0.2) is 45.6 Å². The van der Waals surface area contributed by atoms with Gasteiger partial charge in [0.2, 0.25) is 11.8 Å². The number of aromatic hydroxyl groups is 1. The number of nitrogens with zero attached hydrogens (tertiary/aromatic N) is 1. The molecule has 228 valence electrons. The molecule has 0 radical (unpaired) electrons. The molecule has 3 N–H and O–H groups in total. The number of hydrogen-bond acceptors (Lipinski definition) is 5. The lowest BCUT2D eigenvalue weighted by atomic mass is 9.86. The van der Waals surface area contributed by atoms with E-state index in [-0.39, 0.29) is 30.0 Å². The van der Waals surface area contributed by atoms with E-state index < -0.39 is 23.8 Å². The van der Waals surface area contributed by atoms with Crippen LogP contribution in [0.2, 0.25) is 0 Å². The third-order valence-electron chi connectivity index (χ3n) is 7.74. The number of carbonyl (C=O) groups excluding carboxylic acids is 3. The van der Waals surface area contributed by atoms with Gasteiger partial charge in [0, 0.05) is 19.0 Å². The lowest BCUT2D eigenvalue weighted by Gasteiger charge is -2.44. The summed E-state index contributed by atoms with van der Waals surface area (Å²) in [5, 5.41) is 15.7. The molecule has 3 amide bonds. The van der Waals surface area contributed by atoms with Crippen LogP contribution in [0, 0.1) is 13.8 Å². The molecule has 2 unspecified atom stereocenters. The number of aryl methyl sites for hydroxylation is 2. The second-order valence-electron chi connectivity index (χ2n) is 12.3. The maximum absolute atomic E-state index is 14.7. The smallest absolute Gasteiger partial charge is 0.408 e. The number of carbonyl (C=O) groups is 3. The number of alkyl carbamates (subject to hydrolysis) is 1. The Hall–Kier alpha value is -4.33. The summed E-state index contributed by atoms with van der Waals surface area (Å²) in [5.41, 5.74) is 3.54. The van der Waals surface area contributed by atoms with Crippen molar-refractivity contribution in [2.45, 2.75) is 90.6 Å². The summed E-state index contributed by atoms with van der Waals surface area (Å²) in [6.07, 6.45) is 1.92. The molecule has 0 spiro atoms. The molecule has 3 aromatic rings. The summed E-state index contributed by atoms with van der Waals surface area (Å²) in [5.74, 6) is -0.527. The molecule has 8 heteroatoms. The highest BCUT2D eigenvalue weighted by atomic mass is 16.6. The van der Waals surface area contributed by atoms with Gasteiger partial charge in [0.15, 0.2) is 0 Å². The third kappa shape index (κ3) is 8.37. The normalized spacial score (nSPS) is 14.6. The Balaban J connectivity index is 1.74. The molecule has 43 heavy (non-hydrogen) atoms. The predicted octanol–water partition coefficient (Wildman–Crippen LogP) is 5.88. The predicted molar refractivity (Wildman–Crippen MR) is 166 cm³/mol. The fraction of sp³-hybridized carbons (Fsp3) is 0.400. The van der Waals surface area contributed by atoms with Crippen molar-refractivity contribution in [1.82, 2.24) is 15.5 Å². The molecule has 0 bridgehead atoms. The highest BCUT2D eigenvalue weighted by molar-refractivity contribution is 5.93. The van der Waals surface area contributed by atoms with Gasteiger partial charge < -0.3 is 25.4 Å². The van der Waals surface area contributed by atoms with Crippen LogP contribution in [0.15, 0.2) is 72.8 Å². The molecule has 3 aromatic carbocycles. The molecule has 1 aliphatic rings. The first kappa shape index (κ1) is 31.6. The van der Waals surface area contributed by atoms with Crippen LogP contribution in [0.1, 0.15) is 73.9 Å². The summed E-state index contributed by atoms with van der Waals surface area (Å²) < 4.78 is 5.53. The Kier molecular flexibility index (Phi) is 10.1. The Bertz CT molecular complexity index is 1390. The average molecular weight is 586 g/mol. The molecule has 1 saturated carbocycles. The quantitative estimate of drug-likeness (QED) is 0.275. The topological polar surface area (TPSA) is 108 Å². The van der Waals surface area contributed by atoms with Crippen LogP contribution in [0.25, 0.3) is 0 Å². The molecule has 1 fully saturated rings. The Morgan fingerprint density at radius 1 is 0.907 bits per heavy atom. The van der Waals surface area contributed by atoms with E-state index in [2.05, 4.69) is 10.6 Å². The first-order valence-electron chi connectivity index (χ1n) is 14.9. The number of hydrogen-bond donors (Lipinski definition) is 3. The van der Waals surface area contributed by atoms with Crippen molar-refractivity contribution in [3.8, 4) is 5.75 Å². The number of amides is 3. The van der Waals surface area contributed by atoms with Gasteiger partial charge in [-0.3, -0.25) is 9.59 Å². The van der Waals surface area contributed by atoms with Gasteiger partial charge in [0.25, 0.3) is 0 Å². The van der Waals surface area contributed by atoms with E-state index in [9.17, 15) is 19.5 Å². The first-order valence-corrected chi connectivity index (χ1v) is 14.9. The average Bonchev–Trinajstić information content (AvgIpc) is 2.92. The van der Waals surface area contributed by atoms with Gasteiger partial charge in [-0.05, 0) is 93.8 Å². The van der Waals surface area contributed by atoms with Gasteiger partial charge in [0.05, 0.1) is 0 Å².